The molecular formula is C6H10N2O. The smallest absolute Gasteiger partial charge is 0.312 e. The van der Waals surface area contributed by atoms with Crippen LogP contribution in [-0.2, 0) is 0 Å². The predicted molar refractivity (Wildman–Crippen MR) is 34.8 cm³/mol. The van der Waals surface area contributed by atoms with Crippen molar-refractivity contribution in [3.8, 4) is 0 Å². The van der Waals surface area contributed by atoms with Crippen LogP contribution in [0.3, 0.4) is 0 Å². The van der Waals surface area contributed by atoms with Gasteiger partial charge in [-0.3, -0.25) is 0 Å². The lowest BCUT2D eigenvalue weighted by Crippen LogP contribution is -2.31. The van der Waals surface area contributed by atoms with Gasteiger partial charge >= 0.3 is 6.03 Å². The van der Waals surface area contributed by atoms with Gasteiger partial charge in [-0.05, 0) is 12.3 Å². The van der Waals surface area contributed by atoms with E-state index < -0.39 is 6.03 Å². The normalized spacial score (nSPS) is 31.1. The van der Waals surface area contributed by atoms with E-state index in [9.17, 15) is 4.79 Å². The molecule has 2 amide bonds. The second kappa shape index (κ2) is 2.09. The number of hydrogen-bond acceptors (Lipinski definition) is 1. The molecule has 3 N–H and O–H groups in total. The summed E-state index contributed by atoms with van der Waals surface area (Å²) < 4.78 is 0. The molecule has 0 bridgehead atoms. The number of rotatable bonds is 2. The highest BCUT2D eigenvalue weighted by molar-refractivity contribution is 5.72. The summed E-state index contributed by atoms with van der Waals surface area (Å²) >= 11 is 0. The van der Waals surface area contributed by atoms with Crippen molar-refractivity contribution in [3.05, 3.63) is 12.7 Å². The Hall–Kier alpha value is -0.990. The molecule has 0 unspecified atom stereocenters. The first-order valence-electron chi connectivity index (χ1n) is 2.92. The minimum atomic E-state index is -0.440. The van der Waals surface area contributed by atoms with Crippen LogP contribution in [0.4, 0.5) is 4.79 Å². The topological polar surface area (TPSA) is 55.1 Å². The summed E-state index contributed by atoms with van der Waals surface area (Å²) in [4.78, 5) is 10.2. The molecule has 0 aromatic heterocycles. The molecule has 1 aliphatic rings. The Morgan fingerprint density at radius 3 is 2.89 bits per heavy atom. The van der Waals surface area contributed by atoms with Crippen LogP contribution in [0.5, 0.6) is 0 Å². The third-order valence-corrected chi connectivity index (χ3v) is 1.47. The van der Waals surface area contributed by atoms with Gasteiger partial charge in [0.1, 0.15) is 0 Å². The Labute approximate surface area is 53.9 Å². The Kier molecular flexibility index (Phi) is 1.42. The molecule has 2 atom stereocenters. The molecule has 0 saturated heterocycles. The van der Waals surface area contributed by atoms with Gasteiger partial charge in [0.25, 0.3) is 0 Å². The molecule has 50 valence electrons. The fraction of sp³-hybridized carbons (Fsp3) is 0.500. The number of hydrogen-bond donors (Lipinski definition) is 2. The molecule has 0 aromatic rings. The fourth-order valence-corrected chi connectivity index (χ4v) is 0.824. The number of amides is 2. The highest BCUT2D eigenvalue weighted by Gasteiger charge is 2.34. The summed E-state index contributed by atoms with van der Waals surface area (Å²) in [5, 5.41) is 2.59. The van der Waals surface area contributed by atoms with Gasteiger partial charge in [-0.2, -0.15) is 0 Å². The zero-order valence-corrected chi connectivity index (χ0v) is 5.13. The largest absolute Gasteiger partial charge is 0.352 e. The predicted octanol–water partition coefficient (Wildman–Crippen LogP) is 0.229. The summed E-state index contributed by atoms with van der Waals surface area (Å²) in [6.07, 6.45) is 2.83. The lowest BCUT2D eigenvalue weighted by molar-refractivity contribution is 0.248. The molecule has 3 nitrogen and oxygen atoms in total. The molecular weight excluding hydrogens is 116 g/mol. The number of nitrogens with two attached hydrogens (primary N) is 1. The molecule has 0 spiro atoms. The second-order valence-corrected chi connectivity index (χ2v) is 2.25. The summed E-state index contributed by atoms with van der Waals surface area (Å²) in [7, 11) is 0. The Balaban J connectivity index is 2.19. The molecule has 0 aromatic carbocycles. The SMILES string of the molecule is C=C[C@@H]1C[C@H]1NC(N)=O. The van der Waals surface area contributed by atoms with E-state index in [2.05, 4.69) is 11.9 Å². The van der Waals surface area contributed by atoms with E-state index in [0.29, 0.717) is 5.92 Å². The summed E-state index contributed by atoms with van der Waals surface area (Å²) in [5.74, 6) is 0.456. The highest BCUT2D eigenvalue weighted by Crippen LogP contribution is 2.30. The van der Waals surface area contributed by atoms with Gasteiger partial charge in [0, 0.05) is 6.04 Å². The van der Waals surface area contributed by atoms with E-state index in [-0.39, 0.29) is 6.04 Å². The first kappa shape index (κ1) is 6.13. The van der Waals surface area contributed by atoms with Crippen LogP contribution in [0.1, 0.15) is 6.42 Å². The zero-order chi connectivity index (χ0) is 6.85. The van der Waals surface area contributed by atoms with E-state index in [4.69, 9.17) is 5.73 Å². The molecule has 9 heavy (non-hydrogen) atoms. The second-order valence-electron chi connectivity index (χ2n) is 2.25. The Bertz CT molecular complexity index is 144. The number of urea groups is 1. The quantitative estimate of drug-likeness (QED) is 0.511. The zero-order valence-electron chi connectivity index (χ0n) is 5.13. The van der Waals surface area contributed by atoms with Crippen molar-refractivity contribution in [2.45, 2.75) is 12.5 Å². The molecule has 1 saturated carbocycles. The van der Waals surface area contributed by atoms with Crippen LogP contribution < -0.4 is 11.1 Å². The van der Waals surface area contributed by atoms with E-state index in [0.717, 1.165) is 6.42 Å². The maximum atomic E-state index is 10.2. The number of primary amides is 1. The molecule has 1 fully saturated rings. The minimum Gasteiger partial charge on any atom is -0.352 e. The molecule has 0 aliphatic heterocycles. The van der Waals surface area contributed by atoms with Gasteiger partial charge in [0.05, 0.1) is 0 Å². The standard InChI is InChI=1S/C6H10N2O/c1-2-4-3-5(4)8-6(7)9/h2,4-5H,1,3H2,(H3,7,8,9)/t4-,5-/m1/s1. The van der Waals surface area contributed by atoms with E-state index in [1.54, 1.807) is 0 Å². The van der Waals surface area contributed by atoms with Gasteiger partial charge < -0.3 is 11.1 Å². The maximum Gasteiger partial charge on any atom is 0.312 e. The van der Waals surface area contributed by atoms with Crippen LogP contribution in [0.25, 0.3) is 0 Å². The summed E-state index contributed by atoms with van der Waals surface area (Å²) in [5.41, 5.74) is 4.87. The van der Waals surface area contributed by atoms with Crippen LogP contribution in [0.15, 0.2) is 12.7 Å². The van der Waals surface area contributed by atoms with Crippen molar-refractivity contribution < 1.29 is 4.79 Å². The van der Waals surface area contributed by atoms with E-state index >= 15 is 0 Å². The number of carbonyl (C=O) groups is 1. The monoisotopic (exact) mass is 126 g/mol. The van der Waals surface area contributed by atoms with Crippen molar-refractivity contribution in [2.75, 3.05) is 0 Å². The van der Waals surface area contributed by atoms with Crippen molar-refractivity contribution >= 4 is 6.03 Å². The molecule has 3 heteroatoms. The molecule has 1 rings (SSSR count). The van der Waals surface area contributed by atoms with Crippen LogP contribution >= 0.6 is 0 Å². The minimum absolute atomic E-state index is 0.264. The van der Waals surface area contributed by atoms with Gasteiger partial charge in [-0.1, -0.05) is 6.08 Å². The summed E-state index contributed by atoms with van der Waals surface area (Å²) in [6, 6.07) is -0.177. The highest BCUT2D eigenvalue weighted by atomic mass is 16.2. The van der Waals surface area contributed by atoms with Gasteiger partial charge in [-0.15, -0.1) is 6.58 Å². The van der Waals surface area contributed by atoms with Gasteiger partial charge in [0.15, 0.2) is 0 Å². The van der Waals surface area contributed by atoms with Crippen LogP contribution in [0.2, 0.25) is 0 Å². The van der Waals surface area contributed by atoms with Crippen LogP contribution in [0, 0.1) is 5.92 Å². The van der Waals surface area contributed by atoms with Crippen molar-refractivity contribution in [1.82, 2.24) is 5.32 Å². The van der Waals surface area contributed by atoms with Crippen molar-refractivity contribution in [2.24, 2.45) is 11.7 Å². The fourth-order valence-electron chi connectivity index (χ4n) is 0.824. The van der Waals surface area contributed by atoms with Crippen molar-refractivity contribution in [3.63, 3.8) is 0 Å². The van der Waals surface area contributed by atoms with E-state index in [1.165, 1.54) is 0 Å². The Morgan fingerprint density at radius 2 is 2.56 bits per heavy atom. The van der Waals surface area contributed by atoms with Gasteiger partial charge in [0.2, 0.25) is 0 Å². The number of carbonyl (C=O) groups excluding carboxylic acids is 1. The first-order valence-corrected chi connectivity index (χ1v) is 2.92. The lowest BCUT2D eigenvalue weighted by atomic mass is 10.4. The molecule has 1 aliphatic carbocycles. The average Bonchev–Trinajstić information content (AvgIpc) is 2.45. The average molecular weight is 126 g/mol. The molecule has 0 radical (unpaired) electrons. The first-order chi connectivity index (χ1) is 4.24. The Morgan fingerprint density at radius 1 is 1.89 bits per heavy atom. The maximum absolute atomic E-state index is 10.2. The van der Waals surface area contributed by atoms with Crippen LogP contribution in [-0.4, -0.2) is 12.1 Å². The third-order valence-electron chi connectivity index (χ3n) is 1.47. The number of nitrogens with one attached hydrogen (secondary N) is 1. The third kappa shape index (κ3) is 1.45. The van der Waals surface area contributed by atoms with Crippen molar-refractivity contribution in [1.29, 1.82) is 0 Å². The lowest BCUT2D eigenvalue weighted by Gasteiger charge is -1.94. The summed E-state index contributed by atoms with van der Waals surface area (Å²) in [6.45, 7) is 3.59. The molecule has 0 heterocycles. The van der Waals surface area contributed by atoms with E-state index in [1.807, 2.05) is 6.08 Å². The van der Waals surface area contributed by atoms with Gasteiger partial charge in [-0.25, -0.2) is 4.79 Å².